The summed E-state index contributed by atoms with van der Waals surface area (Å²) in [4.78, 5) is 0. The van der Waals surface area contributed by atoms with Gasteiger partial charge < -0.3 is 15.2 Å². The van der Waals surface area contributed by atoms with E-state index < -0.39 is 11.8 Å². The van der Waals surface area contributed by atoms with Gasteiger partial charge in [-0.3, -0.25) is 5.01 Å². The zero-order valence-electron chi connectivity index (χ0n) is 14.2. The SMILES string of the molecule is CCCCCNN1C2=C(CC3=CC=COC3=C2)NC(C)(C)[C@H]1O. The van der Waals surface area contributed by atoms with Crippen LogP contribution in [0, 0.1) is 0 Å². The molecule has 0 saturated carbocycles. The molecule has 0 amide bonds. The van der Waals surface area contributed by atoms with Crippen molar-refractivity contribution in [3.63, 3.8) is 0 Å². The van der Waals surface area contributed by atoms with Gasteiger partial charge >= 0.3 is 0 Å². The van der Waals surface area contributed by atoms with Gasteiger partial charge in [0.15, 0.2) is 6.23 Å². The minimum atomic E-state index is -0.649. The van der Waals surface area contributed by atoms with E-state index in [0.717, 1.165) is 42.1 Å². The van der Waals surface area contributed by atoms with Crippen molar-refractivity contribution in [1.29, 1.82) is 0 Å². The van der Waals surface area contributed by atoms with Crippen LogP contribution >= 0.6 is 0 Å². The standard InChI is InChI=1S/C18H27N3O2/c1-4-5-6-9-19-21-15-12-16-13(8-7-10-23-16)11-14(15)20-18(2,3)17(21)22/h7-8,10,12,17,19-20,22H,4-6,9,11H2,1-3H3/t17-/m1/s1. The molecule has 0 aromatic rings. The molecule has 0 spiro atoms. The normalized spacial score (nSPS) is 25.0. The fourth-order valence-corrected chi connectivity index (χ4v) is 3.17. The van der Waals surface area contributed by atoms with Gasteiger partial charge in [0.2, 0.25) is 0 Å². The third-order valence-electron chi connectivity index (χ3n) is 4.52. The van der Waals surface area contributed by atoms with Crippen molar-refractivity contribution in [2.45, 2.75) is 58.2 Å². The molecule has 1 aliphatic carbocycles. The Morgan fingerprint density at radius 2 is 2.26 bits per heavy atom. The van der Waals surface area contributed by atoms with E-state index in [0.29, 0.717) is 0 Å². The summed E-state index contributed by atoms with van der Waals surface area (Å²) < 4.78 is 5.62. The number of nitrogens with one attached hydrogen (secondary N) is 2. The van der Waals surface area contributed by atoms with Crippen molar-refractivity contribution in [3.05, 3.63) is 47.2 Å². The number of ether oxygens (including phenoxy) is 1. The van der Waals surface area contributed by atoms with Crippen LogP contribution in [0.25, 0.3) is 0 Å². The number of hydrogen-bond acceptors (Lipinski definition) is 5. The maximum absolute atomic E-state index is 10.8. The average Bonchev–Trinajstić information content (AvgIpc) is 2.53. The molecule has 0 fully saturated rings. The predicted molar refractivity (Wildman–Crippen MR) is 90.6 cm³/mol. The number of allylic oxidation sites excluding steroid dienone is 5. The summed E-state index contributed by atoms with van der Waals surface area (Å²) in [7, 11) is 0. The Kier molecular flexibility index (Phi) is 4.50. The second-order valence-electron chi connectivity index (χ2n) is 6.89. The predicted octanol–water partition coefficient (Wildman–Crippen LogP) is 2.65. The van der Waals surface area contributed by atoms with Gasteiger partial charge in [0.05, 0.1) is 17.5 Å². The van der Waals surface area contributed by atoms with Crippen LogP contribution in [-0.2, 0) is 4.74 Å². The van der Waals surface area contributed by atoms with Crippen molar-refractivity contribution < 1.29 is 9.84 Å². The fourth-order valence-electron chi connectivity index (χ4n) is 3.17. The van der Waals surface area contributed by atoms with Crippen LogP contribution in [0.4, 0.5) is 0 Å². The van der Waals surface area contributed by atoms with Crippen molar-refractivity contribution in [3.8, 4) is 0 Å². The second kappa shape index (κ2) is 6.42. The summed E-state index contributed by atoms with van der Waals surface area (Å²) in [6.45, 7) is 7.08. The lowest BCUT2D eigenvalue weighted by Gasteiger charge is -2.48. The molecule has 5 nitrogen and oxygen atoms in total. The Morgan fingerprint density at radius 1 is 1.43 bits per heavy atom. The minimum absolute atomic E-state index is 0.423. The summed E-state index contributed by atoms with van der Waals surface area (Å²) in [5.41, 5.74) is 6.24. The third-order valence-corrected chi connectivity index (χ3v) is 4.52. The molecule has 0 saturated heterocycles. The molecule has 3 N–H and O–H groups in total. The van der Waals surface area contributed by atoms with E-state index in [2.05, 4.69) is 23.7 Å². The second-order valence-corrected chi connectivity index (χ2v) is 6.89. The zero-order valence-corrected chi connectivity index (χ0v) is 14.2. The number of hydrogen-bond donors (Lipinski definition) is 3. The van der Waals surface area contributed by atoms with Gasteiger partial charge in [0.1, 0.15) is 5.76 Å². The van der Waals surface area contributed by atoms with Gasteiger partial charge in [-0.15, -0.1) is 0 Å². The van der Waals surface area contributed by atoms with Crippen LogP contribution in [-0.4, -0.2) is 28.4 Å². The molecular formula is C18H27N3O2. The first-order chi connectivity index (χ1) is 11.0. The highest BCUT2D eigenvalue weighted by atomic mass is 16.5. The van der Waals surface area contributed by atoms with E-state index in [9.17, 15) is 5.11 Å². The first-order valence-corrected chi connectivity index (χ1v) is 8.49. The molecule has 5 heteroatoms. The molecule has 1 atom stereocenters. The largest absolute Gasteiger partial charge is 0.465 e. The molecular weight excluding hydrogens is 290 g/mol. The summed E-state index contributed by atoms with van der Waals surface area (Å²) in [5.74, 6) is 0.861. The molecule has 3 aliphatic rings. The van der Waals surface area contributed by atoms with E-state index in [1.54, 1.807) is 6.26 Å². The van der Waals surface area contributed by atoms with Crippen molar-refractivity contribution in [1.82, 2.24) is 15.8 Å². The Hall–Kier alpha value is -1.72. The molecule has 0 unspecified atom stereocenters. The maximum Gasteiger partial charge on any atom is 0.163 e. The molecule has 2 heterocycles. The maximum atomic E-state index is 10.8. The number of unbranched alkanes of at least 4 members (excludes halogenated alkanes) is 2. The number of nitrogens with zero attached hydrogens (tertiary/aromatic N) is 1. The van der Waals surface area contributed by atoms with Crippen LogP contribution in [0.5, 0.6) is 0 Å². The number of aliphatic hydroxyl groups is 1. The minimum Gasteiger partial charge on any atom is -0.465 e. The Morgan fingerprint density at radius 3 is 3.04 bits per heavy atom. The molecule has 2 aliphatic heterocycles. The summed E-state index contributed by atoms with van der Waals surface area (Å²) in [6.07, 6.45) is 11.3. The molecule has 0 bridgehead atoms. The lowest BCUT2D eigenvalue weighted by molar-refractivity contribution is -0.0694. The van der Waals surface area contributed by atoms with E-state index in [4.69, 9.17) is 4.74 Å². The molecule has 126 valence electrons. The fraction of sp³-hybridized carbons (Fsp3) is 0.556. The van der Waals surface area contributed by atoms with Gasteiger partial charge in [0, 0.05) is 30.3 Å². The lowest BCUT2D eigenvalue weighted by atomic mass is 9.91. The van der Waals surface area contributed by atoms with Crippen LogP contribution in [0.3, 0.4) is 0 Å². The summed E-state index contributed by atoms with van der Waals surface area (Å²) >= 11 is 0. The van der Waals surface area contributed by atoms with Crippen molar-refractivity contribution in [2.24, 2.45) is 0 Å². The zero-order chi connectivity index (χ0) is 16.4. The summed E-state index contributed by atoms with van der Waals surface area (Å²) in [5, 5.41) is 16.1. The van der Waals surface area contributed by atoms with Crippen LogP contribution in [0.1, 0.15) is 46.5 Å². The Bertz CT molecular complexity index is 587. The van der Waals surface area contributed by atoms with E-state index in [1.165, 1.54) is 12.8 Å². The molecule has 23 heavy (non-hydrogen) atoms. The average molecular weight is 317 g/mol. The number of hydrazine groups is 1. The molecule has 0 aromatic carbocycles. The van der Waals surface area contributed by atoms with E-state index >= 15 is 0 Å². The van der Waals surface area contributed by atoms with E-state index in [-0.39, 0.29) is 0 Å². The number of fused-ring (bicyclic) bond motifs is 1. The van der Waals surface area contributed by atoms with Gasteiger partial charge in [0.25, 0.3) is 0 Å². The highest BCUT2D eigenvalue weighted by molar-refractivity contribution is 5.47. The highest BCUT2D eigenvalue weighted by Crippen LogP contribution is 2.36. The Balaban J connectivity index is 1.85. The lowest BCUT2D eigenvalue weighted by Crippen LogP contribution is -2.64. The quantitative estimate of drug-likeness (QED) is 0.681. The van der Waals surface area contributed by atoms with Crippen molar-refractivity contribution >= 4 is 0 Å². The van der Waals surface area contributed by atoms with Gasteiger partial charge in [-0.1, -0.05) is 25.8 Å². The smallest absolute Gasteiger partial charge is 0.163 e. The number of aliphatic hydroxyl groups excluding tert-OH is 1. The molecule has 0 radical (unpaired) electrons. The van der Waals surface area contributed by atoms with Crippen LogP contribution in [0.15, 0.2) is 47.2 Å². The van der Waals surface area contributed by atoms with Gasteiger partial charge in [-0.25, -0.2) is 5.43 Å². The Labute approximate surface area is 138 Å². The van der Waals surface area contributed by atoms with Gasteiger partial charge in [-0.05, 0) is 26.3 Å². The third kappa shape index (κ3) is 3.16. The van der Waals surface area contributed by atoms with E-state index in [1.807, 2.05) is 31.0 Å². The first-order valence-electron chi connectivity index (χ1n) is 8.49. The van der Waals surface area contributed by atoms with Gasteiger partial charge in [-0.2, -0.15) is 0 Å². The number of rotatable bonds is 5. The van der Waals surface area contributed by atoms with Crippen LogP contribution in [0.2, 0.25) is 0 Å². The first kappa shape index (κ1) is 16.1. The monoisotopic (exact) mass is 317 g/mol. The molecule has 3 rings (SSSR count). The van der Waals surface area contributed by atoms with Crippen LogP contribution < -0.4 is 10.7 Å². The summed E-state index contributed by atoms with van der Waals surface area (Å²) in [6, 6.07) is 0. The van der Waals surface area contributed by atoms with Crippen molar-refractivity contribution in [2.75, 3.05) is 6.54 Å². The molecule has 0 aromatic heterocycles. The topological polar surface area (TPSA) is 56.8 Å². The highest BCUT2D eigenvalue weighted by Gasteiger charge is 2.41.